The van der Waals surface area contributed by atoms with Gasteiger partial charge in [0.25, 0.3) is 11.8 Å². The van der Waals surface area contributed by atoms with Gasteiger partial charge in [0, 0.05) is 18.8 Å². The molecular formula is C25H31N4O6P. The standard InChI is InChI=1S/C25H31N4O6P/c1-4-28-22-16-18(34-13-7-15-36(32,33)35-14-12-27(2)3)10-11-21(22)26-23(28)17-29-24(30)19-8-5-6-9-20(19)25(29)31/h5-6,8-11,16H,4,7,12-15,17H2,1-3H3,(H,32,33). The molecule has 0 aliphatic carbocycles. The lowest BCUT2D eigenvalue weighted by Crippen LogP contribution is -3.06. The second-order valence-corrected chi connectivity index (χ2v) is 10.9. The molecule has 0 saturated carbocycles. The Morgan fingerprint density at radius 2 is 1.75 bits per heavy atom. The number of hydrogen-bond donors (Lipinski definition) is 1. The number of imide groups is 1. The van der Waals surface area contributed by atoms with E-state index in [4.69, 9.17) is 9.26 Å². The van der Waals surface area contributed by atoms with Gasteiger partial charge in [0.15, 0.2) is 0 Å². The molecule has 1 aliphatic heterocycles. The number of aromatic nitrogens is 2. The summed E-state index contributed by atoms with van der Waals surface area (Å²) in [5.74, 6) is 0.541. The Morgan fingerprint density at radius 3 is 2.39 bits per heavy atom. The minimum atomic E-state index is -3.88. The molecule has 1 N–H and O–H groups in total. The molecule has 2 aromatic carbocycles. The van der Waals surface area contributed by atoms with Crippen LogP contribution in [0, 0.1) is 0 Å². The van der Waals surface area contributed by atoms with Crippen LogP contribution in [0.15, 0.2) is 42.5 Å². The van der Waals surface area contributed by atoms with Crippen LogP contribution in [0.5, 0.6) is 5.75 Å². The highest BCUT2D eigenvalue weighted by Gasteiger charge is 2.36. The quantitative estimate of drug-likeness (QED) is 0.220. The van der Waals surface area contributed by atoms with Crippen LogP contribution in [0.4, 0.5) is 0 Å². The number of nitrogens with zero attached hydrogens (tertiary/aromatic N) is 3. The van der Waals surface area contributed by atoms with Gasteiger partial charge in [0.1, 0.15) is 32.3 Å². The molecule has 3 aromatic rings. The van der Waals surface area contributed by atoms with Crippen molar-refractivity contribution in [1.82, 2.24) is 14.5 Å². The predicted octanol–water partition coefficient (Wildman–Crippen LogP) is 1.34. The van der Waals surface area contributed by atoms with Crippen LogP contribution in [0.25, 0.3) is 11.0 Å². The lowest BCUT2D eigenvalue weighted by Gasteiger charge is -2.23. The minimum Gasteiger partial charge on any atom is -0.778 e. The van der Waals surface area contributed by atoms with E-state index in [-0.39, 0.29) is 37.7 Å². The van der Waals surface area contributed by atoms with E-state index in [1.165, 1.54) is 4.90 Å². The van der Waals surface area contributed by atoms with Gasteiger partial charge in [0.2, 0.25) is 0 Å². The molecule has 0 fully saturated rings. The molecule has 2 amide bonds. The van der Waals surface area contributed by atoms with Crippen molar-refractivity contribution in [1.29, 1.82) is 0 Å². The number of aryl methyl sites for hydroxylation is 1. The van der Waals surface area contributed by atoms with E-state index >= 15 is 0 Å². The Labute approximate surface area is 210 Å². The van der Waals surface area contributed by atoms with Gasteiger partial charge in [0.05, 0.1) is 49.4 Å². The maximum absolute atomic E-state index is 12.8. The average molecular weight is 515 g/mol. The molecular weight excluding hydrogens is 483 g/mol. The number of carbonyl (C=O) groups is 2. The molecule has 2 heterocycles. The highest BCUT2D eigenvalue weighted by Crippen LogP contribution is 2.37. The van der Waals surface area contributed by atoms with E-state index in [0.717, 1.165) is 15.9 Å². The summed E-state index contributed by atoms with van der Waals surface area (Å²) in [5.41, 5.74) is 2.34. The molecule has 1 unspecified atom stereocenters. The zero-order chi connectivity index (χ0) is 25.9. The van der Waals surface area contributed by atoms with Gasteiger partial charge in [-0.15, -0.1) is 0 Å². The average Bonchev–Trinajstić information content (AvgIpc) is 3.31. The molecule has 0 radical (unpaired) electrons. The number of nitrogens with one attached hydrogen (secondary N) is 1. The molecule has 11 heteroatoms. The predicted molar refractivity (Wildman–Crippen MR) is 132 cm³/mol. The molecule has 0 bridgehead atoms. The third-order valence-corrected chi connectivity index (χ3v) is 7.47. The number of amides is 2. The SMILES string of the molecule is CCn1c(CN2C(=O)c3ccccc3C2=O)nc2ccc(OCCCP(=O)([O-])OCC[NH+](C)C)cc21. The second kappa shape index (κ2) is 10.9. The Hall–Kier alpha value is -3.04. The van der Waals surface area contributed by atoms with Crippen LogP contribution < -0.4 is 14.5 Å². The van der Waals surface area contributed by atoms with Crippen molar-refractivity contribution in [3.63, 3.8) is 0 Å². The number of imidazole rings is 1. The van der Waals surface area contributed by atoms with Gasteiger partial charge in [-0.3, -0.25) is 14.5 Å². The van der Waals surface area contributed by atoms with Crippen LogP contribution in [0.1, 0.15) is 39.9 Å². The lowest BCUT2D eigenvalue weighted by molar-refractivity contribution is -0.858. The fraction of sp³-hybridized carbons (Fsp3) is 0.400. The highest BCUT2D eigenvalue weighted by molar-refractivity contribution is 7.51. The molecule has 0 spiro atoms. The summed E-state index contributed by atoms with van der Waals surface area (Å²) >= 11 is 0. The fourth-order valence-electron chi connectivity index (χ4n) is 4.14. The van der Waals surface area contributed by atoms with Crippen molar-refractivity contribution in [3.8, 4) is 5.75 Å². The monoisotopic (exact) mass is 514 g/mol. The van der Waals surface area contributed by atoms with Gasteiger partial charge in [-0.05, 0) is 37.6 Å². The first-order valence-electron chi connectivity index (χ1n) is 12.0. The number of rotatable bonds is 12. The summed E-state index contributed by atoms with van der Waals surface area (Å²) in [6.45, 7) is 3.63. The Bertz CT molecular complexity index is 1290. The van der Waals surface area contributed by atoms with E-state index in [0.29, 0.717) is 42.2 Å². The van der Waals surface area contributed by atoms with E-state index in [9.17, 15) is 19.0 Å². The van der Waals surface area contributed by atoms with Crippen LogP contribution in [0.2, 0.25) is 0 Å². The number of fused-ring (bicyclic) bond motifs is 2. The molecule has 4 rings (SSSR count). The van der Waals surface area contributed by atoms with Gasteiger partial charge in [-0.25, -0.2) is 4.98 Å². The molecule has 10 nitrogen and oxygen atoms in total. The molecule has 192 valence electrons. The lowest BCUT2D eigenvalue weighted by atomic mass is 10.1. The van der Waals surface area contributed by atoms with E-state index < -0.39 is 7.60 Å². The third-order valence-electron chi connectivity index (χ3n) is 6.03. The van der Waals surface area contributed by atoms with Crippen molar-refractivity contribution < 1.29 is 33.2 Å². The third kappa shape index (κ3) is 5.68. The smallest absolute Gasteiger partial charge is 0.261 e. The number of benzene rings is 2. The van der Waals surface area contributed by atoms with E-state index in [2.05, 4.69) is 4.98 Å². The van der Waals surface area contributed by atoms with Crippen molar-refractivity contribution in [2.75, 3.05) is 40.0 Å². The van der Waals surface area contributed by atoms with Gasteiger partial charge in [-0.1, -0.05) is 12.1 Å². The van der Waals surface area contributed by atoms with Crippen LogP contribution in [-0.4, -0.2) is 66.3 Å². The van der Waals surface area contributed by atoms with Crippen LogP contribution >= 0.6 is 7.60 Å². The summed E-state index contributed by atoms with van der Waals surface area (Å²) in [6.07, 6.45) is 0.223. The van der Waals surface area contributed by atoms with Crippen molar-refractivity contribution in [2.24, 2.45) is 0 Å². The Morgan fingerprint density at radius 1 is 1.06 bits per heavy atom. The zero-order valence-electron chi connectivity index (χ0n) is 20.7. The first-order chi connectivity index (χ1) is 17.2. The summed E-state index contributed by atoms with van der Waals surface area (Å²) in [6, 6.07) is 12.2. The first kappa shape index (κ1) is 26.0. The van der Waals surface area contributed by atoms with Crippen LogP contribution in [0.3, 0.4) is 0 Å². The number of likely N-dealkylation sites (N-methyl/N-ethyl adjacent to an activating group) is 1. The summed E-state index contributed by atoms with van der Waals surface area (Å²) in [4.78, 5) is 44.6. The second-order valence-electron chi connectivity index (χ2n) is 8.99. The van der Waals surface area contributed by atoms with E-state index in [1.807, 2.05) is 37.7 Å². The zero-order valence-corrected chi connectivity index (χ0v) is 21.6. The Kier molecular flexibility index (Phi) is 7.90. The number of carbonyl (C=O) groups excluding carboxylic acids is 2. The topological polar surface area (TPSA) is 118 Å². The van der Waals surface area contributed by atoms with Crippen molar-refractivity contribution >= 4 is 30.4 Å². The molecule has 1 aromatic heterocycles. The Balaban J connectivity index is 1.40. The van der Waals surface area contributed by atoms with Gasteiger partial charge in [-0.2, -0.15) is 0 Å². The van der Waals surface area contributed by atoms with E-state index in [1.54, 1.807) is 30.3 Å². The number of hydrogen-bond acceptors (Lipinski definition) is 7. The summed E-state index contributed by atoms with van der Waals surface area (Å²) in [7, 11) is -0.0178. The number of ether oxygens (including phenoxy) is 1. The fourth-order valence-corrected chi connectivity index (χ4v) is 5.16. The largest absolute Gasteiger partial charge is 0.778 e. The number of quaternary nitrogens is 1. The van der Waals surface area contributed by atoms with Crippen LogP contribution in [-0.2, 0) is 22.2 Å². The van der Waals surface area contributed by atoms with Gasteiger partial charge < -0.3 is 28.2 Å². The highest BCUT2D eigenvalue weighted by atomic mass is 31.2. The molecule has 1 atom stereocenters. The van der Waals surface area contributed by atoms with Gasteiger partial charge >= 0.3 is 0 Å². The van der Waals surface area contributed by atoms with Crippen molar-refractivity contribution in [2.45, 2.75) is 26.4 Å². The molecule has 36 heavy (non-hydrogen) atoms. The first-order valence-corrected chi connectivity index (χ1v) is 13.7. The maximum Gasteiger partial charge on any atom is 0.261 e. The maximum atomic E-state index is 12.8. The summed E-state index contributed by atoms with van der Waals surface area (Å²) < 4.78 is 24.8. The minimum absolute atomic E-state index is 0.0686. The summed E-state index contributed by atoms with van der Waals surface area (Å²) in [5, 5.41) is 0. The molecule has 1 aliphatic rings. The molecule has 0 saturated heterocycles. The normalized spacial score (nSPS) is 15.1. The van der Waals surface area contributed by atoms with Crippen molar-refractivity contribution in [3.05, 3.63) is 59.4 Å².